The van der Waals surface area contributed by atoms with E-state index in [1.165, 1.54) is 5.56 Å². The summed E-state index contributed by atoms with van der Waals surface area (Å²) in [5.41, 5.74) is 15.2. The number of nitrogens with zero attached hydrogens (tertiary/aromatic N) is 1. The third kappa shape index (κ3) is 6.73. The Hall–Kier alpha value is -3.03. The van der Waals surface area contributed by atoms with Crippen molar-refractivity contribution < 1.29 is 19.5 Å². The van der Waals surface area contributed by atoms with E-state index in [4.69, 9.17) is 11.5 Å². The number of carboxylic acids is 1. The molecular formula is C26H33N3O4. The summed E-state index contributed by atoms with van der Waals surface area (Å²) >= 11 is 0. The first kappa shape index (κ1) is 24.6. The average molecular weight is 452 g/mol. The van der Waals surface area contributed by atoms with E-state index in [-0.39, 0.29) is 24.5 Å². The number of Topliss-reactive ketones (excluding diaryl/α,β-unsaturated/α-hetero) is 1. The highest BCUT2D eigenvalue weighted by molar-refractivity contribution is 5.89. The normalized spacial score (nSPS) is 19.0. The van der Waals surface area contributed by atoms with Crippen LogP contribution in [0.1, 0.15) is 42.4 Å². The SMILES string of the molecule is NCc1ccc(CCC(=O)C(N)[C@@H]2C[C@@H](CC(=O)O)C(=O)N2CCCc2ccccc2)cc1. The number of carboxylic acid groups (broad SMARTS) is 1. The molecule has 0 aromatic heterocycles. The number of ketones is 1. The number of aryl methyl sites for hydroxylation is 2. The van der Waals surface area contributed by atoms with Crippen LogP contribution in [0.25, 0.3) is 0 Å². The van der Waals surface area contributed by atoms with E-state index in [0.717, 1.165) is 24.0 Å². The summed E-state index contributed by atoms with van der Waals surface area (Å²) in [4.78, 5) is 38.7. The Balaban J connectivity index is 1.62. The first-order chi connectivity index (χ1) is 15.9. The third-order valence-electron chi connectivity index (χ3n) is 6.39. The molecule has 0 aliphatic carbocycles. The predicted octanol–water partition coefficient (Wildman–Crippen LogP) is 2.30. The van der Waals surface area contributed by atoms with Crippen molar-refractivity contribution >= 4 is 17.7 Å². The standard InChI is InChI=1S/C26H33N3O4/c27-17-20-10-8-19(9-11-20)12-13-23(30)25(28)22-15-21(16-24(31)32)26(33)29(22)14-4-7-18-5-2-1-3-6-18/h1-3,5-6,8-11,21-22,25H,4,7,12-17,27-28H2,(H,31,32)/t21-,22-,25?/m0/s1. The van der Waals surface area contributed by atoms with Crippen molar-refractivity contribution in [1.82, 2.24) is 4.90 Å². The fourth-order valence-electron chi connectivity index (χ4n) is 4.50. The fraction of sp³-hybridized carbons (Fsp3) is 0.423. The van der Waals surface area contributed by atoms with Gasteiger partial charge in [0.1, 0.15) is 0 Å². The zero-order valence-corrected chi connectivity index (χ0v) is 18.9. The van der Waals surface area contributed by atoms with Gasteiger partial charge in [-0.2, -0.15) is 0 Å². The summed E-state index contributed by atoms with van der Waals surface area (Å²) in [7, 11) is 0. The Morgan fingerprint density at radius 3 is 2.27 bits per heavy atom. The summed E-state index contributed by atoms with van der Waals surface area (Å²) in [6, 6.07) is 16.5. The molecule has 7 heteroatoms. The van der Waals surface area contributed by atoms with Crippen LogP contribution in [0.5, 0.6) is 0 Å². The van der Waals surface area contributed by atoms with Gasteiger partial charge in [0, 0.05) is 19.5 Å². The number of carbonyl (C=O) groups excluding carboxylic acids is 2. The van der Waals surface area contributed by atoms with Crippen LogP contribution in [-0.4, -0.2) is 46.3 Å². The van der Waals surface area contributed by atoms with Gasteiger partial charge in [0.2, 0.25) is 5.91 Å². The number of hydrogen-bond acceptors (Lipinski definition) is 5. The van der Waals surface area contributed by atoms with E-state index in [9.17, 15) is 19.5 Å². The maximum absolute atomic E-state index is 12.9. The molecule has 33 heavy (non-hydrogen) atoms. The van der Waals surface area contributed by atoms with Gasteiger partial charge in [-0.3, -0.25) is 14.4 Å². The number of rotatable bonds is 12. The second-order valence-corrected chi connectivity index (χ2v) is 8.73. The Labute approximate surface area is 194 Å². The quantitative estimate of drug-likeness (QED) is 0.454. The molecule has 1 unspecified atom stereocenters. The molecular weight excluding hydrogens is 418 g/mol. The van der Waals surface area contributed by atoms with Crippen LogP contribution in [0, 0.1) is 5.92 Å². The highest BCUT2D eigenvalue weighted by Gasteiger charge is 2.44. The molecule has 0 bridgehead atoms. The van der Waals surface area contributed by atoms with Crippen LogP contribution < -0.4 is 11.5 Å². The maximum Gasteiger partial charge on any atom is 0.304 e. The van der Waals surface area contributed by atoms with Crippen LogP contribution in [-0.2, 0) is 33.8 Å². The fourth-order valence-corrected chi connectivity index (χ4v) is 4.50. The van der Waals surface area contributed by atoms with E-state index in [0.29, 0.717) is 25.9 Å². The first-order valence-electron chi connectivity index (χ1n) is 11.5. The Morgan fingerprint density at radius 1 is 1.00 bits per heavy atom. The second kappa shape index (κ2) is 11.7. The van der Waals surface area contributed by atoms with Gasteiger partial charge in [-0.25, -0.2) is 0 Å². The van der Waals surface area contributed by atoms with Crippen molar-refractivity contribution in [3.05, 3.63) is 71.3 Å². The Bertz CT molecular complexity index is 946. The smallest absolute Gasteiger partial charge is 0.304 e. The van der Waals surface area contributed by atoms with Crippen LogP contribution in [0.3, 0.4) is 0 Å². The lowest BCUT2D eigenvalue weighted by molar-refractivity contribution is -0.142. The summed E-state index contributed by atoms with van der Waals surface area (Å²) < 4.78 is 0. The minimum absolute atomic E-state index is 0.111. The molecule has 3 rings (SSSR count). The van der Waals surface area contributed by atoms with Crippen molar-refractivity contribution in [2.75, 3.05) is 6.54 Å². The molecule has 2 aromatic rings. The van der Waals surface area contributed by atoms with Gasteiger partial charge in [0.15, 0.2) is 5.78 Å². The van der Waals surface area contributed by atoms with E-state index < -0.39 is 24.0 Å². The predicted molar refractivity (Wildman–Crippen MR) is 126 cm³/mol. The van der Waals surface area contributed by atoms with Gasteiger partial charge in [-0.15, -0.1) is 0 Å². The molecule has 1 amide bonds. The van der Waals surface area contributed by atoms with Crippen LogP contribution >= 0.6 is 0 Å². The molecule has 176 valence electrons. The minimum atomic E-state index is -1.01. The molecule has 5 N–H and O–H groups in total. The van der Waals surface area contributed by atoms with Gasteiger partial charge >= 0.3 is 5.97 Å². The van der Waals surface area contributed by atoms with Crippen molar-refractivity contribution in [2.45, 2.75) is 57.2 Å². The largest absolute Gasteiger partial charge is 0.481 e. The van der Waals surface area contributed by atoms with E-state index in [2.05, 4.69) is 0 Å². The number of aliphatic carboxylic acids is 1. The van der Waals surface area contributed by atoms with Gasteiger partial charge in [0.05, 0.1) is 24.4 Å². The molecule has 1 heterocycles. The topological polar surface area (TPSA) is 127 Å². The van der Waals surface area contributed by atoms with Crippen LogP contribution in [0.2, 0.25) is 0 Å². The lowest BCUT2D eigenvalue weighted by Crippen LogP contribution is -2.50. The van der Waals surface area contributed by atoms with Crippen molar-refractivity contribution in [1.29, 1.82) is 0 Å². The zero-order chi connectivity index (χ0) is 23.8. The van der Waals surface area contributed by atoms with Crippen LogP contribution in [0.4, 0.5) is 0 Å². The second-order valence-electron chi connectivity index (χ2n) is 8.73. The number of nitrogens with two attached hydrogens (primary N) is 2. The van der Waals surface area contributed by atoms with Gasteiger partial charge in [-0.05, 0) is 42.4 Å². The number of amides is 1. The monoisotopic (exact) mass is 451 g/mol. The first-order valence-corrected chi connectivity index (χ1v) is 11.5. The summed E-state index contributed by atoms with van der Waals surface area (Å²) in [6.07, 6.45) is 2.41. The highest BCUT2D eigenvalue weighted by atomic mass is 16.4. The number of benzene rings is 2. The molecule has 1 fully saturated rings. The molecule has 0 spiro atoms. The summed E-state index contributed by atoms with van der Waals surface area (Å²) in [5.74, 6) is -1.97. The van der Waals surface area contributed by atoms with Gasteiger partial charge in [-0.1, -0.05) is 54.6 Å². The number of likely N-dealkylation sites (tertiary alicyclic amines) is 1. The minimum Gasteiger partial charge on any atom is -0.481 e. The summed E-state index contributed by atoms with van der Waals surface area (Å²) in [5, 5.41) is 9.21. The van der Waals surface area contributed by atoms with Gasteiger partial charge in [0.25, 0.3) is 0 Å². The average Bonchev–Trinajstić information content (AvgIpc) is 3.12. The zero-order valence-electron chi connectivity index (χ0n) is 18.9. The van der Waals surface area contributed by atoms with Crippen molar-refractivity contribution in [3.8, 4) is 0 Å². The van der Waals surface area contributed by atoms with Crippen molar-refractivity contribution in [2.24, 2.45) is 17.4 Å². The molecule has 1 aliphatic heterocycles. The number of carbonyl (C=O) groups is 3. The molecule has 1 aliphatic rings. The van der Waals surface area contributed by atoms with Crippen molar-refractivity contribution in [3.63, 3.8) is 0 Å². The van der Waals surface area contributed by atoms with Gasteiger partial charge < -0.3 is 21.5 Å². The molecule has 7 nitrogen and oxygen atoms in total. The molecule has 0 radical (unpaired) electrons. The summed E-state index contributed by atoms with van der Waals surface area (Å²) in [6.45, 7) is 0.924. The Kier molecular flexibility index (Phi) is 8.74. The third-order valence-corrected chi connectivity index (χ3v) is 6.39. The van der Waals surface area contributed by atoms with E-state index in [1.54, 1.807) is 4.90 Å². The highest BCUT2D eigenvalue weighted by Crippen LogP contribution is 2.30. The molecule has 1 saturated heterocycles. The van der Waals surface area contributed by atoms with Crippen LogP contribution in [0.15, 0.2) is 54.6 Å². The van der Waals surface area contributed by atoms with E-state index >= 15 is 0 Å². The lowest BCUT2D eigenvalue weighted by Gasteiger charge is -2.29. The lowest BCUT2D eigenvalue weighted by atomic mass is 9.93. The Morgan fingerprint density at radius 2 is 1.64 bits per heavy atom. The van der Waals surface area contributed by atoms with E-state index in [1.807, 2.05) is 54.6 Å². The molecule has 3 atom stereocenters. The molecule has 0 saturated carbocycles. The molecule has 2 aromatic carbocycles. The number of hydrogen-bond donors (Lipinski definition) is 3. The maximum atomic E-state index is 12.9.